The van der Waals surface area contributed by atoms with Gasteiger partial charge in [0.05, 0.1) is 5.56 Å². The summed E-state index contributed by atoms with van der Waals surface area (Å²) >= 11 is 0. The van der Waals surface area contributed by atoms with Gasteiger partial charge in [-0.05, 0) is 20.8 Å². The van der Waals surface area contributed by atoms with E-state index in [9.17, 15) is 5.11 Å². The lowest BCUT2D eigenvalue weighted by molar-refractivity contribution is -0.134. The van der Waals surface area contributed by atoms with E-state index in [1.54, 1.807) is 6.92 Å². The standard InChI is InChI=1S/C11H19N3O3/c1-4-16-9(17-5-2)6-8-10(12)13-7(3)14-11(8)15/h9H,4-6H2,1-3H3,(H3,12,13,14,15). The lowest BCUT2D eigenvalue weighted by Gasteiger charge is -2.17. The molecule has 0 radical (unpaired) electrons. The van der Waals surface area contributed by atoms with Crippen molar-refractivity contribution >= 4 is 5.82 Å². The van der Waals surface area contributed by atoms with E-state index >= 15 is 0 Å². The summed E-state index contributed by atoms with van der Waals surface area (Å²) in [5.74, 6) is 0.590. The van der Waals surface area contributed by atoms with E-state index in [2.05, 4.69) is 9.97 Å². The summed E-state index contributed by atoms with van der Waals surface area (Å²) in [4.78, 5) is 7.86. The van der Waals surface area contributed by atoms with Crippen molar-refractivity contribution in [2.24, 2.45) is 0 Å². The molecule has 1 rings (SSSR count). The Morgan fingerprint density at radius 3 is 2.29 bits per heavy atom. The molecular formula is C11H19N3O3. The summed E-state index contributed by atoms with van der Waals surface area (Å²) in [5, 5.41) is 9.72. The molecule has 0 spiro atoms. The second-order valence-electron chi connectivity index (χ2n) is 3.50. The smallest absolute Gasteiger partial charge is 0.219 e. The van der Waals surface area contributed by atoms with Crippen LogP contribution in [0.15, 0.2) is 0 Å². The van der Waals surface area contributed by atoms with Crippen LogP contribution in [0.4, 0.5) is 5.82 Å². The summed E-state index contributed by atoms with van der Waals surface area (Å²) in [6.07, 6.45) is -0.107. The summed E-state index contributed by atoms with van der Waals surface area (Å²) in [6.45, 7) is 6.47. The predicted molar refractivity (Wildman–Crippen MR) is 63.6 cm³/mol. The van der Waals surface area contributed by atoms with Gasteiger partial charge in [0.2, 0.25) is 5.88 Å². The summed E-state index contributed by atoms with van der Waals surface area (Å²) in [6, 6.07) is 0. The molecule has 0 unspecified atom stereocenters. The number of aromatic nitrogens is 2. The molecule has 0 amide bonds. The van der Waals surface area contributed by atoms with E-state index in [0.29, 0.717) is 31.0 Å². The Morgan fingerprint density at radius 1 is 1.24 bits per heavy atom. The third-order valence-electron chi connectivity index (χ3n) is 2.20. The van der Waals surface area contributed by atoms with Gasteiger partial charge >= 0.3 is 0 Å². The van der Waals surface area contributed by atoms with Crippen molar-refractivity contribution < 1.29 is 14.6 Å². The average molecular weight is 241 g/mol. The van der Waals surface area contributed by atoms with Crippen LogP contribution in [-0.4, -0.2) is 34.6 Å². The van der Waals surface area contributed by atoms with E-state index in [0.717, 1.165) is 0 Å². The number of aromatic hydroxyl groups is 1. The molecule has 1 heterocycles. The Morgan fingerprint density at radius 2 is 1.82 bits per heavy atom. The maximum Gasteiger partial charge on any atom is 0.219 e. The Labute approximate surface area is 101 Å². The van der Waals surface area contributed by atoms with Crippen molar-refractivity contribution in [3.63, 3.8) is 0 Å². The van der Waals surface area contributed by atoms with Crippen molar-refractivity contribution in [2.75, 3.05) is 18.9 Å². The van der Waals surface area contributed by atoms with Crippen LogP contribution in [0.25, 0.3) is 0 Å². The Kier molecular flexibility index (Phi) is 5.11. The number of anilines is 1. The minimum absolute atomic E-state index is 0.112. The van der Waals surface area contributed by atoms with Gasteiger partial charge in [-0.2, -0.15) is 4.98 Å². The number of hydrogen-bond acceptors (Lipinski definition) is 6. The summed E-state index contributed by atoms with van der Waals surface area (Å²) < 4.78 is 10.8. The largest absolute Gasteiger partial charge is 0.493 e. The monoisotopic (exact) mass is 241 g/mol. The Balaban J connectivity index is 2.84. The zero-order valence-electron chi connectivity index (χ0n) is 10.4. The number of nitrogen functional groups attached to an aromatic ring is 1. The van der Waals surface area contributed by atoms with Gasteiger partial charge in [-0.1, -0.05) is 0 Å². The molecular weight excluding hydrogens is 222 g/mol. The maximum atomic E-state index is 9.72. The quantitative estimate of drug-likeness (QED) is 0.722. The van der Waals surface area contributed by atoms with Gasteiger partial charge in [0.1, 0.15) is 11.6 Å². The van der Waals surface area contributed by atoms with Crippen molar-refractivity contribution in [1.29, 1.82) is 0 Å². The molecule has 1 aromatic heterocycles. The first-order valence-electron chi connectivity index (χ1n) is 5.63. The maximum absolute atomic E-state index is 9.72. The topological polar surface area (TPSA) is 90.5 Å². The fourth-order valence-electron chi connectivity index (χ4n) is 1.50. The van der Waals surface area contributed by atoms with Crippen LogP contribution in [0, 0.1) is 6.92 Å². The van der Waals surface area contributed by atoms with Gasteiger partial charge in [0.25, 0.3) is 0 Å². The van der Waals surface area contributed by atoms with Gasteiger partial charge in [0.15, 0.2) is 6.29 Å². The number of ether oxygens (including phenoxy) is 2. The van der Waals surface area contributed by atoms with Crippen LogP contribution in [-0.2, 0) is 15.9 Å². The molecule has 0 saturated heterocycles. The summed E-state index contributed by atoms with van der Waals surface area (Å²) in [7, 11) is 0. The van der Waals surface area contributed by atoms with E-state index in [4.69, 9.17) is 15.2 Å². The minimum Gasteiger partial charge on any atom is -0.493 e. The fraction of sp³-hybridized carbons (Fsp3) is 0.636. The highest BCUT2D eigenvalue weighted by atomic mass is 16.7. The molecule has 96 valence electrons. The normalized spacial score (nSPS) is 11.1. The number of nitrogens with two attached hydrogens (primary N) is 1. The molecule has 3 N–H and O–H groups in total. The molecule has 0 aliphatic rings. The molecule has 0 saturated carbocycles. The van der Waals surface area contributed by atoms with Gasteiger partial charge < -0.3 is 20.3 Å². The molecule has 0 aromatic carbocycles. The number of nitrogens with zero attached hydrogens (tertiary/aromatic N) is 2. The van der Waals surface area contributed by atoms with Crippen molar-refractivity contribution in [2.45, 2.75) is 33.5 Å². The van der Waals surface area contributed by atoms with E-state index in [-0.39, 0.29) is 11.7 Å². The first-order chi connectivity index (χ1) is 8.08. The van der Waals surface area contributed by atoms with Crippen molar-refractivity contribution in [3.8, 4) is 5.88 Å². The van der Waals surface area contributed by atoms with Crippen molar-refractivity contribution in [1.82, 2.24) is 9.97 Å². The number of rotatable bonds is 6. The van der Waals surface area contributed by atoms with Crippen LogP contribution >= 0.6 is 0 Å². The SMILES string of the molecule is CCOC(Cc1c(N)nc(C)nc1O)OCC. The zero-order chi connectivity index (χ0) is 12.8. The van der Waals surface area contributed by atoms with Crippen LogP contribution in [0.3, 0.4) is 0 Å². The highest BCUT2D eigenvalue weighted by Gasteiger charge is 2.17. The summed E-state index contributed by atoms with van der Waals surface area (Å²) in [5.41, 5.74) is 6.20. The molecule has 0 bridgehead atoms. The highest BCUT2D eigenvalue weighted by Crippen LogP contribution is 2.22. The van der Waals surface area contributed by atoms with E-state index in [1.165, 1.54) is 0 Å². The van der Waals surface area contributed by atoms with E-state index in [1.807, 2.05) is 13.8 Å². The van der Waals surface area contributed by atoms with Gasteiger partial charge in [-0.15, -0.1) is 0 Å². The number of aryl methyl sites for hydroxylation is 1. The molecule has 0 aliphatic heterocycles. The number of hydrogen-bond donors (Lipinski definition) is 2. The predicted octanol–water partition coefficient (Wildman–Crippen LogP) is 1.01. The Hall–Kier alpha value is -1.40. The lowest BCUT2D eigenvalue weighted by Crippen LogP contribution is -2.21. The van der Waals surface area contributed by atoms with Crippen molar-refractivity contribution in [3.05, 3.63) is 11.4 Å². The van der Waals surface area contributed by atoms with Crippen LogP contribution in [0.5, 0.6) is 5.88 Å². The van der Waals surface area contributed by atoms with Gasteiger partial charge in [-0.3, -0.25) is 0 Å². The first kappa shape index (κ1) is 13.7. The third-order valence-corrected chi connectivity index (χ3v) is 2.20. The lowest BCUT2D eigenvalue weighted by atomic mass is 10.2. The molecule has 6 heteroatoms. The Bertz CT molecular complexity index is 342. The van der Waals surface area contributed by atoms with Crippen LogP contribution in [0.2, 0.25) is 0 Å². The second-order valence-corrected chi connectivity index (χ2v) is 3.50. The minimum atomic E-state index is -0.440. The second kappa shape index (κ2) is 6.36. The van der Waals surface area contributed by atoms with Crippen LogP contribution in [0.1, 0.15) is 25.2 Å². The van der Waals surface area contributed by atoms with Gasteiger partial charge in [0, 0.05) is 19.6 Å². The molecule has 0 atom stereocenters. The molecule has 1 aromatic rings. The molecule has 6 nitrogen and oxygen atoms in total. The van der Waals surface area contributed by atoms with Crippen LogP contribution < -0.4 is 5.73 Å². The molecule has 0 aliphatic carbocycles. The third kappa shape index (κ3) is 3.83. The zero-order valence-corrected chi connectivity index (χ0v) is 10.4. The fourth-order valence-corrected chi connectivity index (χ4v) is 1.50. The average Bonchev–Trinajstić information content (AvgIpc) is 2.23. The van der Waals surface area contributed by atoms with Gasteiger partial charge in [-0.25, -0.2) is 4.98 Å². The molecule has 0 fully saturated rings. The van der Waals surface area contributed by atoms with E-state index < -0.39 is 6.29 Å². The molecule has 17 heavy (non-hydrogen) atoms. The highest BCUT2D eigenvalue weighted by molar-refractivity contribution is 5.45. The first-order valence-corrected chi connectivity index (χ1v) is 5.63.